The van der Waals surface area contributed by atoms with Crippen LogP contribution in [0.2, 0.25) is 0 Å². The highest BCUT2D eigenvalue weighted by molar-refractivity contribution is 5.83. The van der Waals surface area contributed by atoms with Gasteiger partial charge in [-0.15, -0.1) is 0 Å². The van der Waals surface area contributed by atoms with E-state index in [1.807, 2.05) is 24.3 Å². The summed E-state index contributed by atoms with van der Waals surface area (Å²) >= 11 is 0. The number of hydrogen-bond donors (Lipinski definition) is 1. The number of amides is 2. The summed E-state index contributed by atoms with van der Waals surface area (Å²) in [4.78, 5) is 25.3. The van der Waals surface area contributed by atoms with Gasteiger partial charge in [0.2, 0.25) is 11.8 Å². The minimum atomic E-state index is -0.221. The van der Waals surface area contributed by atoms with Crippen molar-refractivity contribution >= 4 is 11.8 Å². The molecule has 2 amide bonds. The number of ether oxygens (including phenoxy) is 1. The van der Waals surface area contributed by atoms with Gasteiger partial charge in [0.05, 0.1) is 26.5 Å². The SMILES string of the molecule is COc1ccccc1CCN(CC(=O)NCc1ccco1)C(C)=O. The van der Waals surface area contributed by atoms with Gasteiger partial charge in [-0.2, -0.15) is 0 Å². The average Bonchev–Trinajstić information content (AvgIpc) is 3.10. The Kier molecular flexibility index (Phi) is 6.42. The number of carbonyl (C=O) groups is 2. The molecule has 2 rings (SSSR count). The molecular formula is C18H22N2O4. The zero-order valence-electron chi connectivity index (χ0n) is 14.0. The van der Waals surface area contributed by atoms with Gasteiger partial charge in [0.1, 0.15) is 11.5 Å². The molecule has 0 saturated carbocycles. The topological polar surface area (TPSA) is 71.8 Å². The van der Waals surface area contributed by atoms with Crippen LogP contribution in [0.5, 0.6) is 5.75 Å². The van der Waals surface area contributed by atoms with E-state index in [2.05, 4.69) is 5.32 Å². The molecule has 1 N–H and O–H groups in total. The molecule has 6 heteroatoms. The number of hydrogen-bond acceptors (Lipinski definition) is 4. The lowest BCUT2D eigenvalue weighted by Gasteiger charge is -2.21. The van der Waals surface area contributed by atoms with Crippen molar-refractivity contribution in [1.82, 2.24) is 10.2 Å². The Morgan fingerprint density at radius 1 is 1.21 bits per heavy atom. The monoisotopic (exact) mass is 330 g/mol. The second-order valence-corrected chi connectivity index (χ2v) is 5.36. The zero-order valence-corrected chi connectivity index (χ0v) is 14.0. The molecule has 1 aromatic carbocycles. The fraction of sp³-hybridized carbons (Fsp3) is 0.333. The molecule has 0 aliphatic heterocycles. The molecule has 0 aliphatic carbocycles. The Morgan fingerprint density at radius 3 is 2.67 bits per heavy atom. The highest BCUT2D eigenvalue weighted by atomic mass is 16.5. The van der Waals surface area contributed by atoms with Crippen LogP contribution in [0.15, 0.2) is 47.1 Å². The molecular weight excluding hydrogens is 308 g/mol. The Hall–Kier alpha value is -2.76. The van der Waals surface area contributed by atoms with Crippen LogP contribution in [0.4, 0.5) is 0 Å². The number of nitrogens with zero attached hydrogens (tertiary/aromatic N) is 1. The maximum absolute atomic E-state index is 12.0. The number of para-hydroxylation sites is 1. The maximum Gasteiger partial charge on any atom is 0.240 e. The summed E-state index contributed by atoms with van der Waals surface area (Å²) in [6, 6.07) is 11.2. The Labute approximate surface area is 141 Å². The lowest BCUT2D eigenvalue weighted by atomic mass is 10.1. The molecule has 0 spiro atoms. The first kappa shape index (κ1) is 17.6. The summed E-state index contributed by atoms with van der Waals surface area (Å²) in [7, 11) is 1.61. The van der Waals surface area contributed by atoms with E-state index in [9.17, 15) is 9.59 Å². The fourth-order valence-electron chi connectivity index (χ4n) is 2.34. The first-order valence-corrected chi connectivity index (χ1v) is 7.76. The van der Waals surface area contributed by atoms with Crippen LogP contribution in [-0.4, -0.2) is 36.9 Å². The highest BCUT2D eigenvalue weighted by Crippen LogP contribution is 2.18. The summed E-state index contributed by atoms with van der Waals surface area (Å²) in [6.45, 7) is 2.24. The number of furan rings is 1. The van der Waals surface area contributed by atoms with E-state index in [1.54, 1.807) is 25.5 Å². The maximum atomic E-state index is 12.0. The molecule has 6 nitrogen and oxygen atoms in total. The molecule has 1 aromatic heterocycles. The van der Waals surface area contributed by atoms with Gasteiger partial charge in [-0.05, 0) is 30.2 Å². The molecule has 0 saturated heterocycles. The predicted molar refractivity (Wildman–Crippen MR) is 89.5 cm³/mol. The van der Waals surface area contributed by atoms with Crippen molar-refractivity contribution in [2.75, 3.05) is 20.2 Å². The molecule has 0 unspecified atom stereocenters. The summed E-state index contributed by atoms with van der Waals surface area (Å²) in [5.41, 5.74) is 1.00. The fourth-order valence-corrected chi connectivity index (χ4v) is 2.34. The van der Waals surface area contributed by atoms with Crippen LogP contribution in [0.1, 0.15) is 18.2 Å². The minimum Gasteiger partial charge on any atom is -0.496 e. The third-order valence-electron chi connectivity index (χ3n) is 3.66. The second kappa shape index (κ2) is 8.76. The van der Waals surface area contributed by atoms with Crippen LogP contribution >= 0.6 is 0 Å². The Bertz CT molecular complexity index is 667. The van der Waals surface area contributed by atoms with Crippen LogP contribution in [0.25, 0.3) is 0 Å². The van der Waals surface area contributed by atoms with E-state index < -0.39 is 0 Å². The summed E-state index contributed by atoms with van der Waals surface area (Å²) in [6.07, 6.45) is 2.17. The van der Waals surface area contributed by atoms with Crippen molar-refractivity contribution in [2.24, 2.45) is 0 Å². The van der Waals surface area contributed by atoms with Crippen LogP contribution in [0.3, 0.4) is 0 Å². The van der Waals surface area contributed by atoms with E-state index >= 15 is 0 Å². The lowest BCUT2D eigenvalue weighted by Crippen LogP contribution is -2.40. The van der Waals surface area contributed by atoms with Crippen molar-refractivity contribution in [1.29, 1.82) is 0 Å². The smallest absolute Gasteiger partial charge is 0.240 e. The summed E-state index contributed by atoms with van der Waals surface area (Å²) in [5.74, 6) is 1.09. The van der Waals surface area contributed by atoms with Crippen molar-refractivity contribution in [3.63, 3.8) is 0 Å². The summed E-state index contributed by atoms with van der Waals surface area (Å²) < 4.78 is 10.5. The van der Waals surface area contributed by atoms with Gasteiger partial charge in [-0.3, -0.25) is 9.59 Å². The average molecular weight is 330 g/mol. The van der Waals surface area contributed by atoms with Crippen molar-refractivity contribution in [3.8, 4) is 5.75 Å². The van der Waals surface area contributed by atoms with Gasteiger partial charge < -0.3 is 19.4 Å². The third-order valence-corrected chi connectivity index (χ3v) is 3.66. The van der Waals surface area contributed by atoms with Gasteiger partial charge in [0.15, 0.2) is 0 Å². The first-order valence-electron chi connectivity index (χ1n) is 7.76. The predicted octanol–water partition coefficient (Wildman–Crippen LogP) is 2.00. The number of carbonyl (C=O) groups excluding carboxylic acids is 2. The van der Waals surface area contributed by atoms with Gasteiger partial charge in [-0.25, -0.2) is 0 Å². The molecule has 24 heavy (non-hydrogen) atoms. The van der Waals surface area contributed by atoms with E-state index in [4.69, 9.17) is 9.15 Å². The van der Waals surface area contributed by atoms with E-state index in [0.29, 0.717) is 25.3 Å². The number of methoxy groups -OCH3 is 1. The molecule has 2 aromatic rings. The molecule has 0 radical (unpaired) electrons. The number of rotatable bonds is 8. The van der Waals surface area contributed by atoms with E-state index in [1.165, 1.54) is 11.8 Å². The van der Waals surface area contributed by atoms with Gasteiger partial charge in [0.25, 0.3) is 0 Å². The summed E-state index contributed by atoms with van der Waals surface area (Å²) in [5, 5.41) is 2.74. The molecule has 0 atom stereocenters. The Morgan fingerprint density at radius 2 is 2.00 bits per heavy atom. The molecule has 128 valence electrons. The van der Waals surface area contributed by atoms with Crippen molar-refractivity contribution in [2.45, 2.75) is 19.9 Å². The van der Waals surface area contributed by atoms with Crippen LogP contribution < -0.4 is 10.1 Å². The third kappa shape index (κ3) is 5.15. The van der Waals surface area contributed by atoms with Gasteiger partial charge in [0, 0.05) is 13.5 Å². The largest absolute Gasteiger partial charge is 0.496 e. The molecule has 1 heterocycles. The standard InChI is InChI=1S/C18H22N2O4/c1-14(21)20(10-9-15-6-3-4-8-17(15)23-2)13-18(22)19-12-16-7-5-11-24-16/h3-8,11H,9-10,12-13H2,1-2H3,(H,19,22). The quantitative estimate of drug-likeness (QED) is 0.803. The van der Waals surface area contributed by atoms with E-state index in [-0.39, 0.29) is 18.4 Å². The minimum absolute atomic E-state index is 0.0190. The number of benzene rings is 1. The normalized spacial score (nSPS) is 10.2. The highest BCUT2D eigenvalue weighted by Gasteiger charge is 2.14. The molecule has 0 fully saturated rings. The van der Waals surface area contributed by atoms with Gasteiger partial charge >= 0.3 is 0 Å². The first-order chi connectivity index (χ1) is 11.6. The zero-order chi connectivity index (χ0) is 17.4. The molecule has 0 aliphatic rings. The van der Waals surface area contributed by atoms with Crippen LogP contribution in [-0.2, 0) is 22.6 Å². The van der Waals surface area contributed by atoms with Crippen molar-refractivity contribution < 1.29 is 18.7 Å². The van der Waals surface area contributed by atoms with E-state index in [0.717, 1.165) is 11.3 Å². The second-order valence-electron chi connectivity index (χ2n) is 5.36. The molecule has 0 bridgehead atoms. The van der Waals surface area contributed by atoms with Crippen LogP contribution in [0, 0.1) is 0 Å². The lowest BCUT2D eigenvalue weighted by molar-refractivity contribution is -0.134. The van der Waals surface area contributed by atoms with Gasteiger partial charge in [-0.1, -0.05) is 18.2 Å². The Balaban J connectivity index is 1.87. The number of nitrogens with one attached hydrogen (secondary N) is 1. The van der Waals surface area contributed by atoms with Crippen molar-refractivity contribution in [3.05, 3.63) is 54.0 Å².